The van der Waals surface area contributed by atoms with Gasteiger partial charge in [0.15, 0.2) is 12.6 Å². The summed E-state index contributed by atoms with van der Waals surface area (Å²) in [6, 6.07) is 3.30. The Balaban J connectivity index is 2.62. The highest BCUT2D eigenvalue weighted by atomic mass is 32.2. The number of pyridine rings is 1. The van der Waals surface area contributed by atoms with Crippen molar-refractivity contribution >= 4 is 17.7 Å². The Labute approximate surface area is 144 Å². The summed E-state index contributed by atoms with van der Waals surface area (Å²) in [6.07, 6.45) is -0.982. The SMILES string of the molecule is CN=C(NCc1cccnc1OCC(F)(F)F)NCC(C)(C)SC. The molecule has 0 aromatic carbocycles. The summed E-state index contributed by atoms with van der Waals surface area (Å²) in [5, 5.41) is 6.23. The van der Waals surface area contributed by atoms with Crippen molar-refractivity contribution in [3.8, 4) is 5.88 Å². The molecule has 24 heavy (non-hydrogen) atoms. The summed E-state index contributed by atoms with van der Waals surface area (Å²) in [5.41, 5.74) is 0.522. The fourth-order valence-corrected chi connectivity index (χ4v) is 1.82. The third-order valence-corrected chi connectivity index (χ3v) is 4.38. The number of thioether (sulfide) groups is 1. The lowest BCUT2D eigenvalue weighted by atomic mass is 10.2. The van der Waals surface area contributed by atoms with E-state index in [0.29, 0.717) is 18.1 Å². The molecule has 5 nitrogen and oxygen atoms in total. The number of aromatic nitrogens is 1. The second-order valence-corrected chi connectivity index (χ2v) is 7.13. The Bertz CT molecular complexity index is 550. The molecule has 0 saturated carbocycles. The predicted molar refractivity (Wildman–Crippen MR) is 91.6 cm³/mol. The summed E-state index contributed by atoms with van der Waals surface area (Å²) >= 11 is 1.72. The van der Waals surface area contributed by atoms with E-state index in [0.717, 1.165) is 0 Å². The quantitative estimate of drug-likeness (QED) is 0.576. The van der Waals surface area contributed by atoms with Crippen molar-refractivity contribution in [2.45, 2.75) is 31.3 Å². The Morgan fingerprint density at radius 3 is 2.62 bits per heavy atom. The van der Waals surface area contributed by atoms with Crippen molar-refractivity contribution in [3.63, 3.8) is 0 Å². The molecule has 0 atom stereocenters. The highest BCUT2D eigenvalue weighted by Gasteiger charge is 2.29. The van der Waals surface area contributed by atoms with E-state index < -0.39 is 12.8 Å². The van der Waals surface area contributed by atoms with Gasteiger partial charge in [-0.15, -0.1) is 0 Å². The molecule has 9 heteroatoms. The van der Waals surface area contributed by atoms with Gasteiger partial charge in [0.1, 0.15) is 0 Å². The van der Waals surface area contributed by atoms with Gasteiger partial charge in [-0.1, -0.05) is 6.07 Å². The molecule has 0 aliphatic heterocycles. The van der Waals surface area contributed by atoms with Crippen molar-refractivity contribution < 1.29 is 17.9 Å². The van der Waals surface area contributed by atoms with Crippen molar-refractivity contribution in [1.82, 2.24) is 15.6 Å². The van der Waals surface area contributed by atoms with Crippen LogP contribution in [0.2, 0.25) is 0 Å². The minimum absolute atomic E-state index is 0.0346. The van der Waals surface area contributed by atoms with E-state index in [9.17, 15) is 13.2 Å². The largest absolute Gasteiger partial charge is 0.468 e. The normalized spacial score (nSPS) is 12.9. The number of hydrogen-bond acceptors (Lipinski definition) is 4. The van der Waals surface area contributed by atoms with Crippen LogP contribution in [0, 0.1) is 0 Å². The van der Waals surface area contributed by atoms with Crippen LogP contribution in [0.15, 0.2) is 23.3 Å². The van der Waals surface area contributed by atoms with Crippen LogP contribution in [0.3, 0.4) is 0 Å². The third-order valence-electron chi connectivity index (χ3n) is 3.13. The second kappa shape index (κ2) is 9.00. The highest BCUT2D eigenvalue weighted by molar-refractivity contribution is 7.99. The fourth-order valence-electron chi connectivity index (χ4n) is 1.61. The summed E-state index contributed by atoms with van der Waals surface area (Å²) < 4.78 is 41.7. The Morgan fingerprint density at radius 2 is 2.04 bits per heavy atom. The number of alkyl halides is 3. The van der Waals surface area contributed by atoms with Gasteiger partial charge in [0.2, 0.25) is 5.88 Å². The molecule has 0 aliphatic rings. The second-order valence-electron chi connectivity index (χ2n) is 5.61. The Hall–Kier alpha value is -1.64. The molecular weight excluding hydrogens is 341 g/mol. The van der Waals surface area contributed by atoms with Crippen molar-refractivity contribution in [2.24, 2.45) is 4.99 Å². The average Bonchev–Trinajstić information content (AvgIpc) is 2.53. The first kappa shape index (κ1) is 20.4. The van der Waals surface area contributed by atoms with Gasteiger partial charge in [-0.2, -0.15) is 24.9 Å². The van der Waals surface area contributed by atoms with Gasteiger partial charge in [0, 0.05) is 36.6 Å². The first-order valence-corrected chi connectivity index (χ1v) is 8.52. The number of rotatable bonds is 7. The molecule has 1 aromatic heterocycles. The standard InChI is InChI=1S/C15H23F3N4OS/c1-14(2,24-4)9-22-13(19-3)21-8-11-6-5-7-20-12(11)23-10-15(16,17)18/h5-7H,8-10H2,1-4H3,(H2,19,21,22). The van der Waals surface area contributed by atoms with Gasteiger partial charge in [-0.25, -0.2) is 4.98 Å². The first-order chi connectivity index (χ1) is 11.2. The zero-order valence-corrected chi connectivity index (χ0v) is 15.0. The average molecular weight is 364 g/mol. The number of hydrogen-bond donors (Lipinski definition) is 2. The van der Waals surface area contributed by atoms with E-state index in [1.165, 1.54) is 6.20 Å². The van der Waals surface area contributed by atoms with Gasteiger partial charge < -0.3 is 15.4 Å². The van der Waals surface area contributed by atoms with Gasteiger partial charge >= 0.3 is 6.18 Å². The van der Waals surface area contributed by atoms with Crippen LogP contribution >= 0.6 is 11.8 Å². The van der Waals surface area contributed by atoms with E-state index in [1.807, 2.05) is 6.26 Å². The van der Waals surface area contributed by atoms with Crippen molar-refractivity contribution in [2.75, 3.05) is 26.5 Å². The van der Waals surface area contributed by atoms with E-state index in [-0.39, 0.29) is 17.2 Å². The minimum Gasteiger partial charge on any atom is -0.468 e. The van der Waals surface area contributed by atoms with Gasteiger partial charge in [0.05, 0.1) is 0 Å². The molecule has 0 radical (unpaired) electrons. The number of guanidine groups is 1. The predicted octanol–water partition coefficient (Wildman–Crippen LogP) is 2.83. The molecule has 0 spiro atoms. The van der Waals surface area contributed by atoms with Crippen LogP contribution in [-0.2, 0) is 6.54 Å². The van der Waals surface area contributed by atoms with Gasteiger partial charge in [-0.3, -0.25) is 4.99 Å². The molecule has 0 bridgehead atoms. The molecule has 0 saturated heterocycles. The zero-order valence-electron chi connectivity index (χ0n) is 14.2. The first-order valence-electron chi connectivity index (χ1n) is 7.30. The molecule has 0 unspecified atom stereocenters. The maximum atomic E-state index is 12.3. The summed E-state index contributed by atoms with van der Waals surface area (Å²) in [6.45, 7) is 3.77. The monoisotopic (exact) mass is 364 g/mol. The molecule has 1 rings (SSSR count). The number of halogens is 3. The van der Waals surface area contributed by atoms with Crippen LogP contribution in [0.25, 0.3) is 0 Å². The van der Waals surface area contributed by atoms with Gasteiger partial charge in [0.25, 0.3) is 0 Å². The third kappa shape index (κ3) is 7.76. The lowest BCUT2D eigenvalue weighted by molar-refractivity contribution is -0.154. The number of nitrogens with zero attached hydrogens (tertiary/aromatic N) is 2. The smallest absolute Gasteiger partial charge is 0.422 e. The molecule has 0 amide bonds. The molecule has 1 aromatic rings. The highest BCUT2D eigenvalue weighted by Crippen LogP contribution is 2.20. The summed E-state index contributed by atoms with van der Waals surface area (Å²) in [7, 11) is 1.63. The molecular formula is C15H23F3N4OS. The van der Waals surface area contributed by atoms with Crippen molar-refractivity contribution in [1.29, 1.82) is 0 Å². The van der Waals surface area contributed by atoms with E-state index in [4.69, 9.17) is 4.74 Å². The van der Waals surface area contributed by atoms with E-state index in [2.05, 4.69) is 34.5 Å². The number of aliphatic imine (C=N–C) groups is 1. The zero-order chi connectivity index (χ0) is 18.2. The van der Waals surface area contributed by atoms with E-state index >= 15 is 0 Å². The Morgan fingerprint density at radius 1 is 1.33 bits per heavy atom. The van der Waals surface area contributed by atoms with Crippen molar-refractivity contribution in [3.05, 3.63) is 23.9 Å². The molecule has 2 N–H and O–H groups in total. The lowest BCUT2D eigenvalue weighted by Crippen LogP contribution is -2.43. The molecule has 136 valence electrons. The Kier molecular flexibility index (Phi) is 7.65. The van der Waals surface area contributed by atoms with Crippen LogP contribution in [-0.4, -0.2) is 48.3 Å². The summed E-state index contributed by atoms with van der Waals surface area (Å²) in [4.78, 5) is 7.96. The van der Waals surface area contributed by atoms with Crippen LogP contribution < -0.4 is 15.4 Å². The number of ether oxygens (including phenoxy) is 1. The molecule has 1 heterocycles. The molecule has 0 fully saturated rings. The van der Waals surface area contributed by atoms with Crippen LogP contribution in [0.4, 0.5) is 13.2 Å². The topological polar surface area (TPSA) is 58.5 Å². The van der Waals surface area contributed by atoms with Crippen LogP contribution in [0.5, 0.6) is 5.88 Å². The lowest BCUT2D eigenvalue weighted by Gasteiger charge is -2.23. The maximum Gasteiger partial charge on any atom is 0.422 e. The van der Waals surface area contributed by atoms with E-state index in [1.54, 1.807) is 30.9 Å². The fraction of sp³-hybridized carbons (Fsp3) is 0.600. The maximum absolute atomic E-state index is 12.3. The minimum atomic E-state index is -4.40. The van der Waals surface area contributed by atoms with Crippen LogP contribution in [0.1, 0.15) is 19.4 Å². The summed E-state index contributed by atoms with van der Waals surface area (Å²) in [5.74, 6) is 0.518. The molecule has 0 aliphatic carbocycles. The van der Waals surface area contributed by atoms with Gasteiger partial charge in [-0.05, 0) is 26.2 Å². The number of nitrogens with one attached hydrogen (secondary N) is 2.